The van der Waals surface area contributed by atoms with Crippen LogP contribution in [0.25, 0.3) is 0 Å². The van der Waals surface area contributed by atoms with Gasteiger partial charge in [-0.2, -0.15) is 0 Å². The molecule has 0 aliphatic rings. The summed E-state index contributed by atoms with van der Waals surface area (Å²) in [5.41, 5.74) is 2.21. The van der Waals surface area contributed by atoms with E-state index in [1.807, 2.05) is 60.7 Å². The summed E-state index contributed by atoms with van der Waals surface area (Å²) >= 11 is 3.02. The number of hydrogen-bond acceptors (Lipinski definition) is 1. The number of hydrogen-bond donors (Lipinski definition) is 0. The molecule has 0 spiro atoms. The minimum Gasteiger partial charge on any atom is -0.245 e. The monoisotopic (exact) mass is 371 g/mol. The van der Waals surface area contributed by atoms with Crippen molar-refractivity contribution in [3.8, 4) is 0 Å². The first-order valence-corrected chi connectivity index (χ1v) is 7.78. The second kappa shape index (κ2) is 6.84. The van der Waals surface area contributed by atoms with E-state index in [9.17, 15) is 8.78 Å². The Balaban J connectivity index is 2.21. The Bertz CT molecular complexity index is 805. The maximum Gasteiger partial charge on any atom is 0.163 e. The number of benzene rings is 3. The van der Waals surface area contributed by atoms with Gasteiger partial charge in [0.05, 0.1) is 10.2 Å². The molecule has 0 atom stereocenters. The molecule has 0 amide bonds. The molecule has 3 aromatic rings. The predicted molar refractivity (Wildman–Crippen MR) is 92.2 cm³/mol. The van der Waals surface area contributed by atoms with Crippen LogP contribution in [0.2, 0.25) is 0 Å². The van der Waals surface area contributed by atoms with Crippen molar-refractivity contribution in [2.75, 3.05) is 0 Å². The Morgan fingerprint density at radius 2 is 1.30 bits per heavy atom. The van der Waals surface area contributed by atoms with Gasteiger partial charge in [0.2, 0.25) is 0 Å². The van der Waals surface area contributed by atoms with Gasteiger partial charge < -0.3 is 0 Å². The third-order valence-corrected chi connectivity index (χ3v) is 3.88. The summed E-state index contributed by atoms with van der Waals surface area (Å²) in [6.45, 7) is 0. The predicted octanol–water partition coefficient (Wildman–Crippen LogP) is 5.90. The van der Waals surface area contributed by atoms with Gasteiger partial charge in [-0.05, 0) is 22.0 Å². The summed E-state index contributed by atoms with van der Waals surface area (Å²) in [5.74, 6) is -1.13. The van der Waals surface area contributed by atoms with E-state index >= 15 is 0 Å². The molecule has 0 bridgehead atoms. The normalized spacial score (nSPS) is 10.4. The first kappa shape index (κ1) is 15.6. The quantitative estimate of drug-likeness (QED) is 0.401. The smallest absolute Gasteiger partial charge is 0.163 e. The van der Waals surface area contributed by atoms with Crippen molar-refractivity contribution >= 4 is 27.3 Å². The molecular weight excluding hydrogens is 360 g/mol. The fourth-order valence-corrected chi connectivity index (χ4v) is 2.65. The van der Waals surface area contributed by atoms with Crippen LogP contribution in [0.4, 0.5) is 14.5 Å². The summed E-state index contributed by atoms with van der Waals surface area (Å²) in [6.07, 6.45) is 0. The molecule has 0 radical (unpaired) electrons. The molecule has 0 saturated heterocycles. The van der Waals surface area contributed by atoms with Gasteiger partial charge in [0.1, 0.15) is 11.5 Å². The molecule has 0 aliphatic carbocycles. The molecule has 3 rings (SSSR count). The Kier molecular flexibility index (Phi) is 4.63. The third kappa shape index (κ3) is 3.54. The summed E-state index contributed by atoms with van der Waals surface area (Å²) in [4.78, 5) is 4.39. The van der Waals surface area contributed by atoms with E-state index in [2.05, 4.69) is 20.9 Å². The Morgan fingerprint density at radius 3 is 1.83 bits per heavy atom. The Labute approximate surface area is 141 Å². The van der Waals surface area contributed by atoms with E-state index in [-0.39, 0.29) is 10.2 Å². The van der Waals surface area contributed by atoms with Crippen molar-refractivity contribution in [3.63, 3.8) is 0 Å². The first-order valence-electron chi connectivity index (χ1n) is 6.99. The summed E-state index contributed by atoms with van der Waals surface area (Å²) < 4.78 is 27.9. The average molecular weight is 372 g/mol. The second-order valence-electron chi connectivity index (χ2n) is 4.91. The van der Waals surface area contributed by atoms with E-state index in [0.29, 0.717) is 5.71 Å². The van der Waals surface area contributed by atoms with Gasteiger partial charge >= 0.3 is 0 Å². The van der Waals surface area contributed by atoms with Crippen LogP contribution in [0.3, 0.4) is 0 Å². The maximum atomic E-state index is 14.3. The zero-order valence-electron chi connectivity index (χ0n) is 12.0. The van der Waals surface area contributed by atoms with Crippen LogP contribution in [-0.2, 0) is 0 Å². The topological polar surface area (TPSA) is 12.4 Å². The summed E-state index contributed by atoms with van der Waals surface area (Å²) in [7, 11) is 0. The van der Waals surface area contributed by atoms with Gasteiger partial charge in [-0.1, -0.05) is 60.7 Å². The van der Waals surface area contributed by atoms with Crippen LogP contribution in [0, 0.1) is 11.6 Å². The molecule has 3 aromatic carbocycles. The van der Waals surface area contributed by atoms with Crippen LogP contribution in [0.5, 0.6) is 0 Å². The van der Waals surface area contributed by atoms with Crippen molar-refractivity contribution in [1.82, 2.24) is 0 Å². The van der Waals surface area contributed by atoms with E-state index < -0.39 is 11.6 Å². The molecule has 0 heterocycles. The first-order chi connectivity index (χ1) is 11.1. The van der Waals surface area contributed by atoms with E-state index in [1.54, 1.807) is 0 Å². The zero-order chi connectivity index (χ0) is 16.2. The molecule has 23 heavy (non-hydrogen) atoms. The number of halogens is 3. The molecule has 0 N–H and O–H groups in total. The molecule has 0 aliphatic heterocycles. The van der Waals surface area contributed by atoms with Crippen molar-refractivity contribution in [2.24, 2.45) is 4.99 Å². The lowest BCUT2D eigenvalue weighted by Gasteiger charge is -2.09. The fourth-order valence-electron chi connectivity index (χ4n) is 2.23. The molecule has 0 fully saturated rings. The molecule has 0 unspecified atom stereocenters. The van der Waals surface area contributed by atoms with E-state index in [4.69, 9.17) is 0 Å². The average Bonchev–Trinajstić information content (AvgIpc) is 2.58. The second-order valence-corrected chi connectivity index (χ2v) is 5.77. The molecule has 1 nitrogen and oxygen atoms in total. The highest BCUT2D eigenvalue weighted by atomic mass is 79.9. The minimum atomic E-state index is -0.587. The summed E-state index contributed by atoms with van der Waals surface area (Å²) in [5, 5.41) is 0. The number of rotatable bonds is 3. The van der Waals surface area contributed by atoms with Crippen LogP contribution in [-0.4, -0.2) is 5.71 Å². The maximum absolute atomic E-state index is 14.3. The number of nitrogens with zero attached hydrogens (tertiary/aromatic N) is 1. The molecule has 0 saturated carbocycles. The highest BCUT2D eigenvalue weighted by molar-refractivity contribution is 9.10. The third-order valence-electron chi connectivity index (χ3n) is 3.30. The van der Waals surface area contributed by atoms with Gasteiger partial charge in [0.15, 0.2) is 5.82 Å². The lowest BCUT2D eigenvalue weighted by molar-refractivity contribution is 0.596. The van der Waals surface area contributed by atoms with Crippen LogP contribution < -0.4 is 0 Å². The molecule has 0 aromatic heterocycles. The lowest BCUT2D eigenvalue weighted by Crippen LogP contribution is -2.03. The summed E-state index contributed by atoms with van der Waals surface area (Å²) in [6, 6.07) is 21.0. The van der Waals surface area contributed by atoms with Crippen molar-refractivity contribution in [1.29, 1.82) is 0 Å². The van der Waals surface area contributed by atoms with Gasteiger partial charge in [0, 0.05) is 17.2 Å². The molecule has 4 heteroatoms. The SMILES string of the molecule is Fc1cc(Br)c(F)c(N=C(c2ccccc2)c2ccccc2)c1. The van der Waals surface area contributed by atoms with Gasteiger partial charge in [0.25, 0.3) is 0 Å². The lowest BCUT2D eigenvalue weighted by atomic mass is 10.0. The van der Waals surface area contributed by atoms with E-state index in [0.717, 1.165) is 23.3 Å². The highest BCUT2D eigenvalue weighted by Gasteiger charge is 2.12. The van der Waals surface area contributed by atoms with Crippen molar-refractivity contribution in [2.45, 2.75) is 0 Å². The molecule has 114 valence electrons. The largest absolute Gasteiger partial charge is 0.245 e. The van der Waals surface area contributed by atoms with Crippen molar-refractivity contribution < 1.29 is 8.78 Å². The minimum absolute atomic E-state index is 0.0421. The van der Waals surface area contributed by atoms with Crippen LogP contribution in [0.1, 0.15) is 11.1 Å². The highest BCUT2D eigenvalue weighted by Crippen LogP contribution is 2.28. The van der Waals surface area contributed by atoms with Gasteiger partial charge in [-0.25, -0.2) is 13.8 Å². The standard InChI is InChI=1S/C19H12BrF2N/c20-16-11-15(21)12-17(18(16)22)23-19(13-7-3-1-4-8-13)14-9-5-2-6-10-14/h1-12H. The van der Waals surface area contributed by atoms with Gasteiger partial charge in [-0.15, -0.1) is 0 Å². The zero-order valence-corrected chi connectivity index (χ0v) is 13.6. The van der Waals surface area contributed by atoms with Crippen LogP contribution in [0.15, 0.2) is 82.3 Å². The van der Waals surface area contributed by atoms with Crippen molar-refractivity contribution in [3.05, 3.63) is 100 Å². The molecular formula is C19H12BrF2N. The van der Waals surface area contributed by atoms with E-state index in [1.165, 1.54) is 0 Å². The van der Waals surface area contributed by atoms with Gasteiger partial charge in [-0.3, -0.25) is 0 Å². The Morgan fingerprint density at radius 1 is 0.783 bits per heavy atom. The Hall–Kier alpha value is -2.33. The number of aliphatic imine (C=N–C) groups is 1. The van der Waals surface area contributed by atoms with Crippen LogP contribution >= 0.6 is 15.9 Å². The fraction of sp³-hybridized carbons (Fsp3) is 0.